The lowest BCUT2D eigenvalue weighted by molar-refractivity contribution is -0.131. The molecule has 0 aromatic heterocycles. The van der Waals surface area contributed by atoms with Gasteiger partial charge < -0.3 is 10.2 Å². The largest absolute Gasteiger partial charge is 0.339 e. The topological polar surface area (TPSA) is 32.3 Å². The summed E-state index contributed by atoms with van der Waals surface area (Å²) in [6, 6.07) is 0.530. The highest BCUT2D eigenvalue weighted by Crippen LogP contribution is 2.23. The molecule has 2 aliphatic rings. The van der Waals surface area contributed by atoms with Crippen molar-refractivity contribution in [2.24, 2.45) is 5.92 Å². The van der Waals surface area contributed by atoms with Crippen LogP contribution in [0.4, 0.5) is 0 Å². The van der Waals surface area contributed by atoms with E-state index in [4.69, 9.17) is 0 Å². The van der Waals surface area contributed by atoms with Crippen LogP contribution in [0, 0.1) is 5.92 Å². The maximum Gasteiger partial charge on any atom is 0.232 e. The molecule has 1 heterocycles. The minimum atomic E-state index is 0.363. The highest BCUT2D eigenvalue weighted by atomic mass is 32.2. The molecule has 0 unspecified atom stereocenters. The Morgan fingerprint density at radius 2 is 2.00 bits per heavy atom. The van der Waals surface area contributed by atoms with Crippen LogP contribution in [0.25, 0.3) is 0 Å². The summed E-state index contributed by atoms with van der Waals surface area (Å²) in [6.45, 7) is 5.28. The van der Waals surface area contributed by atoms with Crippen LogP contribution in [0.1, 0.15) is 39.0 Å². The van der Waals surface area contributed by atoms with Crippen LogP contribution < -0.4 is 5.32 Å². The number of carbonyl (C=O) groups excluding carboxylic acids is 1. The van der Waals surface area contributed by atoms with Gasteiger partial charge in [-0.25, -0.2) is 0 Å². The summed E-state index contributed by atoms with van der Waals surface area (Å²) < 4.78 is 0. The number of hydrogen-bond donors (Lipinski definition) is 1. The van der Waals surface area contributed by atoms with Gasteiger partial charge in [0.1, 0.15) is 0 Å². The Balaban J connectivity index is 1.69. The number of rotatable bonds is 6. The van der Waals surface area contributed by atoms with Crippen molar-refractivity contribution in [1.29, 1.82) is 0 Å². The predicted octanol–water partition coefficient (Wildman–Crippen LogP) is 2.12. The van der Waals surface area contributed by atoms with Gasteiger partial charge in [-0.3, -0.25) is 4.79 Å². The second kappa shape index (κ2) is 7.39. The van der Waals surface area contributed by atoms with Gasteiger partial charge >= 0.3 is 0 Å². The van der Waals surface area contributed by atoms with Crippen LogP contribution >= 0.6 is 11.8 Å². The molecule has 1 saturated heterocycles. The molecule has 0 atom stereocenters. The molecule has 4 heteroatoms. The van der Waals surface area contributed by atoms with Gasteiger partial charge in [-0.1, -0.05) is 19.3 Å². The average Bonchev–Trinajstić information content (AvgIpc) is 2.34. The molecule has 0 aromatic rings. The van der Waals surface area contributed by atoms with Gasteiger partial charge in [0.25, 0.3) is 0 Å². The van der Waals surface area contributed by atoms with E-state index in [0.29, 0.717) is 17.7 Å². The van der Waals surface area contributed by atoms with Crippen molar-refractivity contribution in [3.05, 3.63) is 0 Å². The van der Waals surface area contributed by atoms with Crippen molar-refractivity contribution in [3.63, 3.8) is 0 Å². The summed E-state index contributed by atoms with van der Waals surface area (Å²) in [4.78, 5) is 14.4. The summed E-state index contributed by atoms with van der Waals surface area (Å²) in [7, 11) is 0. The predicted molar refractivity (Wildman–Crippen MR) is 77.9 cm³/mol. The van der Waals surface area contributed by atoms with Crippen molar-refractivity contribution in [2.45, 2.75) is 45.1 Å². The average molecular weight is 270 g/mol. The maximum absolute atomic E-state index is 12.3. The summed E-state index contributed by atoms with van der Waals surface area (Å²) in [5.74, 6) is 2.98. The van der Waals surface area contributed by atoms with E-state index in [1.807, 2.05) is 11.8 Å². The van der Waals surface area contributed by atoms with Crippen LogP contribution in [0.2, 0.25) is 0 Å². The fourth-order valence-electron chi connectivity index (χ4n) is 2.89. The van der Waals surface area contributed by atoms with E-state index in [-0.39, 0.29) is 0 Å². The SMILES string of the molecule is CCN(C(=O)CSCC1CNC1)C1CCCCC1. The number of thioether (sulfide) groups is 1. The highest BCUT2D eigenvalue weighted by molar-refractivity contribution is 7.99. The normalized spacial score (nSPS) is 21.6. The Kier molecular flexibility index (Phi) is 5.83. The minimum Gasteiger partial charge on any atom is -0.339 e. The number of nitrogens with zero attached hydrogens (tertiary/aromatic N) is 1. The molecule has 2 fully saturated rings. The summed E-state index contributed by atoms with van der Waals surface area (Å²) in [6.07, 6.45) is 6.39. The maximum atomic E-state index is 12.3. The zero-order chi connectivity index (χ0) is 12.8. The van der Waals surface area contributed by atoms with Crippen molar-refractivity contribution in [3.8, 4) is 0 Å². The van der Waals surface area contributed by atoms with Gasteiger partial charge in [0.05, 0.1) is 5.75 Å². The van der Waals surface area contributed by atoms with E-state index < -0.39 is 0 Å². The highest BCUT2D eigenvalue weighted by Gasteiger charge is 2.24. The Labute approximate surface area is 115 Å². The third-order valence-electron chi connectivity index (χ3n) is 4.12. The molecule has 0 spiro atoms. The smallest absolute Gasteiger partial charge is 0.232 e. The number of hydrogen-bond acceptors (Lipinski definition) is 3. The Hall–Kier alpha value is -0.220. The van der Waals surface area contributed by atoms with Crippen molar-refractivity contribution < 1.29 is 4.79 Å². The first kappa shape index (κ1) is 14.2. The molecular weight excluding hydrogens is 244 g/mol. The first-order valence-electron chi connectivity index (χ1n) is 7.39. The van der Waals surface area contributed by atoms with E-state index in [9.17, 15) is 4.79 Å². The minimum absolute atomic E-state index is 0.363. The second-order valence-corrected chi connectivity index (χ2v) is 6.54. The molecule has 1 aliphatic heterocycles. The molecule has 3 nitrogen and oxygen atoms in total. The van der Waals surface area contributed by atoms with E-state index in [0.717, 1.165) is 31.3 Å². The van der Waals surface area contributed by atoms with Gasteiger partial charge in [-0.05, 0) is 44.5 Å². The van der Waals surface area contributed by atoms with Gasteiger partial charge in [0.2, 0.25) is 5.91 Å². The first-order valence-corrected chi connectivity index (χ1v) is 8.54. The quantitative estimate of drug-likeness (QED) is 0.802. The van der Waals surface area contributed by atoms with E-state index in [1.165, 1.54) is 32.1 Å². The van der Waals surface area contributed by atoms with Crippen molar-refractivity contribution in [1.82, 2.24) is 10.2 Å². The van der Waals surface area contributed by atoms with Crippen LogP contribution in [-0.4, -0.2) is 48.0 Å². The molecule has 0 radical (unpaired) electrons. The Morgan fingerprint density at radius 3 is 2.56 bits per heavy atom. The summed E-state index contributed by atoms with van der Waals surface area (Å²) in [5, 5.41) is 3.28. The Morgan fingerprint density at radius 1 is 1.28 bits per heavy atom. The van der Waals surface area contributed by atoms with E-state index >= 15 is 0 Å². The lowest BCUT2D eigenvalue weighted by Gasteiger charge is -2.34. The molecule has 0 bridgehead atoms. The van der Waals surface area contributed by atoms with Crippen LogP contribution in [0.15, 0.2) is 0 Å². The first-order chi connectivity index (χ1) is 8.81. The van der Waals surface area contributed by atoms with Crippen LogP contribution in [-0.2, 0) is 4.79 Å². The third kappa shape index (κ3) is 3.89. The molecule has 18 heavy (non-hydrogen) atoms. The molecule has 1 aliphatic carbocycles. The standard InChI is InChI=1S/C14H26N2OS/c1-2-16(13-6-4-3-5-7-13)14(17)11-18-10-12-8-15-9-12/h12-13,15H,2-11H2,1H3. The molecule has 104 valence electrons. The fourth-order valence-corrected chi connectivity index (χ4v) is 3.92. The van der Waals surface area contributed by atoms with Gasteiger partial charge in [-0.15, -0.1) is 0 Å². The molecule has 1 amide bonds. The van der Waals surface area contributed by atoms with Crippen molar-refractivity contribution >= 4 is 17.7 Å². The van der Waals surface area contributed by atoms with Crippen LogP contribution in [0.3, 0.4) is 0 Å². The molecule has 0 aromatic carbocycles. The molecule has 1 saturated carbocycles. The van der Waals surface area contributed by atoms with Crippen molar-refractivity contribution in [2.75, 3.05) is 31.1 Å². The van der Waals surface area contributed by atoms with Gasteiger partial charge in [0, 0.05) is 12.6 Å². The van der Waals surface area contributed by atoms with Gasteiger partial charge in [-0.2, -0.15) is 11.8 Å². The second-order valence-electron chi connectivity index (χ2n) is 5.51. The van der Waals surface area contributed by atoms with E-state index in [1.54, 1.807) is 0 Å². The lowest BCUT2D eigenvalue weighted by atomic mass is 9.94. The van der Waals surface area contributed by atoms with Gasteiger partial charge in [0.15, 0.2) is 0 Å². The summed E-state index contributed by atoms with van der Waals surface area (Å²) in [5.41, 5.74) is 0. The Bertz CT molecular complexity index is 263. The monoisotopic (exact) mass is 270 g/mol. The van der Waals surface area contributed by atoms with E-state index in [2.05, 4.69) is 17.1 Å². The lowest BCUT2D eigenvalue weighted by Crippen LogP contribution is -2.44. The third-order valence-corrected chi connectivity index (χ3v) is 5.28. The van der Waals surface area contributed by atoms with Crippen LogP contribution in [0.5, 0.6) is 0 Å². The zero-order valence-corrected chi connectivity index (χ0v) is 12.3. The number of carbonyl (C=O) groups is 1. The molecular formula is C14H26N2OS. The number of amides is 1. The number of nitrogens with one attached hydrogen (secondary N) is 1. The fraction of sp³-hybridized carbons (Fsp3) is 0.929. The molecule has 1 N–H and O–H groups in total. The zero-order valence-electron chi connectivity index (χ0n) is 11.5. The molecule has 2 rings (SSSR count). The summed E-state index contributed by atoms with van der Waals surface area (Å²) >= 11 is 1.82.